The Balaban J connectivity index is 2.39. The monoisotopic (exact) mass is 234 g/mol. The van der Waals surface area contributed by atoms with E-state index in [0.29, 0.717) is 12.2 Å². The van der Waals surface area contributed by atoms with Gasteiger partial charge in [0.2, 0.25) is 0 Å². The molecule has 1 aromatic rings. The minimum absolute atomic E-state index is 0.339. The molecular formula is C12H18N4O. The van der Waals surface area contributed by atoms with Gasteiger partial charge in [0, 0.05) is 18.8 Å². The van der Waals surface area contributed by atoms with Gasteiger partial charge in [-0.3, -0.25) is 4.79 Å². The first kappa shape index (κ1) is 11.9. The molecular weight excluding hydrogens is 216 g/mol. The van der Waals surface area contributed by atoms with Crippen molar-refractivity contribution in [2.45, 2.75) is 26.3 Å². The van der Waals surface area contributed by atoms with E-state index in [2.05, 4.69) is 22.5 Å². The summed E-state index contributed by atoms with van der Waals surface area (Å²) in [5.41, 5.74) is 8.79. The maximum Gasteiger partial charge on any atom is 0.267 e. The molecule has 1 amide bonds. The molecule has 1 aliphatic rings. The highest BCUT2D eigenvalue weighted by Crippen LogP contribution is 2.23. The van der Waals surface area contributed by atoms with Crippen LogP contribution in [0.2, 0.25) is 0 Å². The maximum atomic E-state index is 11.2. The Bertz CT molecular complexity index is 431. The molecule has 0 fully saturated rings. The lowest BCUT2D eigenvalue weighted by molar-refractivity contribution is 0.0995. The average Bonchev–Trinajstić information content (AvgIpc) is 2.35. The summed E-state index contributed by atoms with van der Waals surface area (Å²) in [5, 5.41) is 6.59. The van der Waals surface area contributed by atoms with Gasteiger partial charge in [0.15, 0.2) is 0 Å². The SMILES string of the molecule is CCCNc1cc(C(N)=O)nc2c1CCNC2. The van der Waals surface area contributed by atoms with E-state index < -0.39 is 5.91 Å². The summed E-state index contributed by atoms with van der Waals surface area (Å²) in [6, 6.07) is 1.77. The van der Waals surface area contributed by atoms with Crippen molar-refractivity contribution in [3.8, 4) is 0 Å². The first-order valence-electron chi connectivity index (χ1n) is 5.99. The Labute approximate surface area is 101 Å². The molecule has 0 saturated heterocycles. The fourth-order valence-electron chi connectivity index (χ4n) is 2.01. The fraction of sp³-hybridized carbons (Fsp3) is 0.500. The summed E-state index contributed by atoms with van der Waals surface area (Å²) in [6.45, 7) is 4.65. The maximum absolute atomic E-state index is 11.2. The Morgan fingerprint density at radius 2 is 2.47 bits per heavy atom. The second-order valence-electron chi connectivity index (χ2n) is 4.20. The molecule has 0 atom stereocenters. The highest BCUT2D eigenvalue weighted by molar-refractivity contribution is 5.92. The van der Waals surface area contributed by atoms with Gasteiger partial charge in [-0.2, -0.15) is 0 Å². The second-order valence-corrected chi connectivity index (χ2v) is 4.20. The van der Waals surface area contributed by atoms with Crippen LogP contribution in [0.3, 0.4) is 0 Å². The third-order valence-electron chi connectivity index (χ3n) is 2.87. The highest BCUT2D eigenvalue weighted by atomic mass is 16.1. The number of primary amides is 1. The molecule has 5 heteroatoms. The molecule has 0 spiro atoms. The summed E-state index contributed by atoms with van der Waals surface area (Å²) in [5.74, 6) is -0.474. The number of carbonyl (C=O) groups excluding carboxylic acids is 1. The van der Waals surface area contributed by atoms with E-state index in [1.165, 1.54) is 5.56 Å². The lowest BCUT2D eigenvalue weighted by Crippen LogP contribution is -2.27. The van der Waals surface area contributed by atoms with Crippen LogP contribution in [-0.2, 0) is 13.0 Å². The standard InChI is InChI=1S/C12H18N4O/c1-2-4-15-9-6-10(12(13)17)16-11-7-14-5-3-8(9)11/h6,14H,2-5,7H2,1H3,(H2,13,17)(H,15,16). The Morgan fingerprint density at radius 1 is 1.65 bits per heavy atom. The third kappa shape index (κ3) is 2.55. The Hall–Kier alpha value is -1.62. The molecule has 92 valence electrons. The minimum atomic E-state index is -0.474. The molecule has 0 bridgehead atoms. The van der Waals surface area contributed by atoms with Crippen LogP contribution in [0, 0.1) is 0 Å². The van der Waals surface area contributed by atoms with Gasteiger partial charge in [0.05, 0.1) is 5.69 Å². The molecule has 0 unspecified atom stereocenters. The van der Waals surface area contributed by atoms with E-state index in [9.17, 15) is 4.79 Å². The summed E-state index contributed by atoms with van der Waals surface area (Å²) in [6.07, 6.45) is 1.98. The van der Waals surface area contributed by atoms with Gasteiger partial charge >= 0.3 is 0 Å². The lowest BCUT2D eigenvalue weighted by Gasteiger charge is -2.21. The van der Waals surface area contributed by atoms with Crippen molar-refractivity contribution >= 4 is 11.6 Å². The van der Waals surface area contributed by atoms with E-state index in [-0.39, 0.29) is 0 Å². The van der Waals surface area contributed by atoms with Crippen LogP contribution in [0.25, 0.3) is 0 Å². The summed E-state index contributed by atoms with van der Waals surface area (Å²) >= 11 is 0. The summed E-state index contributed by atoms with van der Waals surface area (Å²) < 4.78 is 0. The van der Waals surface area contributed by atoms with Gasteiger partial charge in [0.1, 0.15) is 5.69 Å². The number of hydrogen-bond donors (Lipinski definition) is 3. The molecule has 5 nitrogen and oxygen atoms in total. The van der Waals surface area contributed by atoms with Crippen LogP contribution in [0.5, 0.6) is 0 Å². The molecule has 0 aromatic carbocycles. The fourth-order valence-corrected chi connectivity index (χ4v) is 2.01. The smallest absolute Gasteiger partial charge is 0.267 e. The molecule has 0 radical (unpaired) electrons. The highest BCUT2D eigenvalue weighted by Gasteiger charge is 2.17. The van der Waals surface area contributed by atoms with E-state index in [4.69, 9.17) is 5.73 Å². The van der Waals surface area contributed by atoms with E-state index in [0.717, 1.165) is 37.3 Å². The normalized spacial score (nSPS) is 14.2. The van der Waals surface area contributed by atoms with Gasteiger partial charge in [-0.15, -0.1) is 0 Å². The molecule has 0 aliphatic carbocycles. The van der Waals surface area contributed by atoms with Crippen molar-refractivity contribution in [3.05, 3.63) is 23.0 Å². The Kier molecular flexibility index (Phi) is 3.58. The molecule has 2 heterocycles. The van der Waals surface area contributed by atoms with Crippen molar-refractivity contribution in [2.24, 2.45) is 5.73 Å². The number of nitrogens with zero attached hydrogens (tertiary/aromatic N) is 1. The first-order valence-corrected chi connectivity index (χ1v) is 5.99. The predicted octanol–water partition coefficient (Wildman–Crippen LogP) is 0.648. The minimum Gasteiger partial charge on any atom is -0.385 e. The van der Waals surface area contributed by atoms with E-state index in [1.807, 2.05) is 0 Å². The van der Waals surface area contributed by atoms with Gasteiger partial charge in [0.25, 0.3) is 5.91 Å². The zero-order chi connectivity index (χ0) is 12.3. The molecule has 0 saturated carbocycles. The second kappa shape index (κ2) is 5.14. The average molecular weight is 234 g/mol. The van der Waals surface area contributed by atoms with E-state index >= 15 is 0 Å². The lowest BCUT2D eigenvalue weighted by atomic mass is 10.0. The largest absolute Gasteiger partial charge is 0.385 e. The van der Waals surface area contributed by atoms with Crippen molar-refractivity contribution in [2.75, 3.05) is 18.4 Å². The van der Waals surface area contributed by atoms with Crippen LogP contribution in [-0.4, -0.2) is 24.0 Å². The Morgan fingerprint density at radius 3 is 3.18 bits per heavy atom. The van der Waals surface area contributed by atoms with Crippen LogP contribution in [0.15, 0.2) is 6.07 Å². The van der Waals surface area contributed by atoms with Crippen LogP contribution >= 0.6 is 0 Å². The van der Waals surface area contributed by atoms with Crippen molar-refractivity contribution < 1.29 is 4.79 Å². The number of aromatic nitrogens is 1. The number of rotatable bonds is 4. The number of nitrogens with two attached hydrogens (primary N) is 1. The molecule has 17 heavy (non-hydrogen) atoms. The molecule has 2 rings (SSSR count). The van der Waals surface area contributed by atoms with Gasteiger partial charge in [-0.25, -0.2) is 4.98 Å². The van der Waals surface area contributed by atoms with Crippen LogP contribution < -0.4 is 16.4 Å². The number of nitrogens with one attached hydrogen (secondary N) is 2. The van der Waals surface area contributed by atoms with Crippen molar-refractivity contribution in [1.29, 1.82) is 0 Å². The number of pyridine rings is 1. The predicted molar refractivity (Wildman–Crippen MR) is 66.9 cm³/mol. The third-order valence-corrected chi connectivity index (χ3v) is 2.87. The zero-order valence-corrected chi connectivity index (χ0v) is 10.0. The first-order chi connectivity index (χ1) is 8.22. The van der Waals surface area contributed by atoms with Crippen molar-refractivity contribution in [1.82, 2.24) is 10.3 Å². The zero-order valence-electron chi connectivity index (χ0n) is 10.0. The number of anilines is 1. The van der Waals surface area contributed by atoms with Gasteiger partial charge in [-0.1, -0.05) is 6.92 Å². The quantitative estimate of drug-likeness (QED) is 0.714. The van der Waals surface area contributed by atoms with Gasteiger partial charge in [-0.05, 0) is 31.0 Å². The summed E-state index contributed by atoms with van der Waals surface area (Å²) in [7, 11) is 0. The van der Waals surface area contributed by atoms with Gasteiger partial charge < -0.3 is 16.4 Å². The number of carbonyl (C=O) groups is 1. The number of fused-ring (bicyclic) bond motifs is 1. The number of hydrogen-bond acceptors (Lipinski definition) is 4. The summed E-state index contributed by atoms with van der Waals surface area (Å²) in [4.78, 5) is 15.5. The van der Waals surface area contributed by atoms with Crippen molar-refractivity contribution in [3.63, 3.8) is 0 Å². The number of amides is 1. The van der Waals surface area contributed by atoms with Crippen LogP contribution in [0.1, 0.15) is 35.1 Å². The van der Waals surface area contributed by atoms with E-state index in [1.54, 1.807) is 6.07 Å². The molecule has 4 N–H and O–H groups in total. The molecule has 1 aliphatic heterocycles. The topological polar surface area (TPSA) is 80.0 Å². The molecule has 1 aromatic heterocycles. The van der Waals surface area contributed by atoms with Crippen LogP contribution in [0.4, 0.5) is 5.69 Å².